The number of methoxy groups -OCH3 is 1. The van der Waals surface area contributed by atoms with E-state index in [9.17, 15) is 0 Å². The van der Waals surface area contributed by atoms with Crippen LogP contribution in [0.3, 0.4) is 0 Å². The lowest BCUT2D eigenvalue weighted by Crippen LogP contribution is -1.85. The molecule has 4 heteroatoms. The number of benzene rings is 1. The molecular weight excluding hydrogens is 328 g/mol. The summed E-state index contributed by atoms with van der Waals surface area (Å²) in [5.74, 6) is 0.945. The molecule has 1 heterocycles. The number of thiophene rings is 1. The van der Waals surface area contributed by atoms with Gasteiger partial charge in [-0.25, -0.2) is 0 Å². The second kappa shape index (κ2) is 4.21. The highest BCUT2D eigenvalue weighted by Gasteiger charge is 2.10. The minimum Gasteiger partial charge on any atom is -0.495 e. The van der Waals surface area contributed by atoms with Crippen molar-refractivity contribution in [2.24, 2.45) is 0 Å². The Morgan fingerprint density at radius 1 is 1.43 bits per heavy atom. The third-order valence-electron chi connectivity index (χ3n) is 2.09. The summed E-state index contributed by atoms with van der Waals surface area (Å²) in [7, 11) is 1.70. The highest BCUT2D eigenvalue weighted by Crippen LogP contribution is 2.39. The molecule has 0 bridgehead atoms. The zero-order chi connectivity index (χ0) is 10.1. The van der Waals surface area contributed by atoms with Gasteiger partial charge in [-0.1, -0.05) is 22.0 Å². The SMILES string of the molecule is COc1ccc(CBr)c2c(Br)csc12. The lowest BCUT2D eigenvalue weighted by molar-refractivity contribution is 0.420. The van der Waals surface area contributed by atoms with Crippen LogP contribution in [0.5, 0.6) is 5.75 Å². The van der Waals surface area contributed by atoms with E-state index in [1.807, 2.05) is 6.07 Å². The normalized spacial score (nSPS) is 10.8. The first-order valence-corrected chi connectivity index (χ1v) is 6.86. The van der Waals surface area contributed by atoms with E-state index >= 15 is 0 Å². The van der Waals surface area contributed by atoms with Crippen LogP contribution in [0.1, 0.15) is 5.56 Å². The van der Waals surface area contributed by atoms with Gasteiger partial charge in [0.05, 0.1) is 11.8 Å². The van der Waals surface area contributed by atoms with Gasteiger partial charge in [0, 0.05) is 20.6 Å². The van der Waals surface area contributed by atoms with Gasteiger partial charge >= 0.3 is 0 Å². The van der Waals surface area contributed by atoms with Crippen LogP contribution in [0.15, 0.2) is 22.0 Å². The molecule has 1 aromatic heterocycles. The zero-order valence-corrected chi connectivity index (χ0v) is 11.5. The molecule has 1 aromatic carbocycles. The maximum atomic E-state index is 5.31. The third kappa shape index (κ3) is 1.59. The molecule has 1 nitrogen and oxygen atoms in total. The Bertz CT molecular complexity index is 464. The molecular formula is C10H8Br2OS. The second-order valence-corrected chi connectivity index (χ2v) is 5.14. The van der Waals surface area contributed by atoms with Gasteiger partial charge < -0.3 is 4.74 Å². The lowest BCUT2D eigenvalue weighted by atomic mass is 10.1. The maximum absolute atomic E-state index is 5.31. The molecule has 0 aliphatic rings. The highest BCUT2D eigenvalue weighted by atomic mass is 79.9. The smallest absolute Gasteiger partial charge is 0.136 e. The van der Waals surface area contributed by atoms with Crippen molar-refractivity contribution >= 4 is 53.3 Å². The number of alkyl halides is 1. The Labute approximate surface area is 103 Å². The number of hydrogen-bond donors (Lipinski definition) is 0. The van der Waals surface area contributed by atoms with Crippen molar-refractivity contribution in [3.8, 4) is 5.75 Å². The average molecular weight is 336 g/mol. The topological polar surface area (TPSA) is 9.23 Å². The molecule has 0 spiro atoms. The Kier molecular flexibility index (Phi) is 3.14. The molecule has 2 rings (SSSR count). The standard InChI is InChI=1S/C10H8Br2OS/c1-13-8-3-2-6(4-11)9-7(12)5-14-10(8)9/h2-3,5H,4H2,1H3. The van der Waals surface area contributed by atoms with Crippen molar-refractivity contribution in [3.05, 3.63) is 27.5 Å². The molecule has 0 amide bonds. The van der Waals surface area contributed by atoms with Crippen LogP contribution in [0.4, 0.5) is 0 Å². The molecule has 0 fully saturated rings. The Hall–Kier alpha value is -0.0600. The number of fused-ring (bicyclic) bond motifs is 1. The van der Waals surface area contributed by atoms with E-state index in [1.165, 1.54) is 15.6 Å². The third-order valence-corrected chi connectivity index (χ3v) is 4.62. The van der Waals surface area contributed by atoms with Gasteiger partial charge in [-0.05, 0) is 27.6 Å². The molecule has 0 atom stereocenters. The van der Waals surface area contributed by atoms with Crippen molar-refractivity contribution in [1.82, 2.24) is 0 Å². The molecule has 2 aromatic rings. The van der Waals surface area contributed by atoms with Crippen LogP contribution >= 0.6 is 43.2 Å². The van der Waals surface area contributed by atoms with E-state index in [4.69, 9.17) is 4.74 Å². The van der Waals surface area contributed by atoms with Gasteiger partial charge in [0.25, 0.3) is 0 Å². The fourth-order valence-corrected chi connectivity index (χ4v) is 3.72. The van der Waals surface area contributed by atoms with Gasteiger partial charge in [-0.15, -0.1) is 11.3 Å². The van der Waals surface area contributed by atoms with Gasteiger partial charge in [0.1, 0.15) is 5.75 Å². The van der Waals surface area contributed by atoms with E-state index in [0.717, 1.165) is 15.6 Å². The van der Waals surface area contributed by atoms with Gasteiger partial charge in [-0.2, -0.15) is 0 Å². The summed E-state index contributed by atoms with van der Waals surface area (Å²) in [5.41, 5.74) is 1.29. The number of hydrogen-bond acceptors (Lipinski definition) is 2. The number of halogens is 2. The van der Waals surface area contributed by atoms with Crippen LogP contribution in [0, 0.1) is 0 Å². The monoisotopic (exact) mass is 334 g/mol. The first-order chi connectivity index (χ1) is 6.77. The molecule has 74 valence electrons. The van der Waals surface area contributed by atoms with Crippen molar-refractivity contribution in [2.75, 3.05) is 7.11 Å². The summed E-state index contributed by atoms with van der Waals surface area (Å²) in [6.07, 6.45) is 0. The van der Waals surface area contributed by atoms with Gasteiger partial charge in [0.15, 0.2) is 0 Å². The lowest BCUT2D eigenvalue weighted by Gasteiger charge is -2.04. The predicted molar refractivity (Wildman–Crippen MR) is 68.7 cm³/mol. The van der Waals surface area contributed by atoms with E-state index in [0.29, 0.717) is 0 Å². The second-order valence-electron chi connectivity index (χ2n) is 2.85. The molecule has 14 heavy (non-hydrogen) atoms. The average Bonchev–Trinajstić information content (AvgIpc) is 2.60. The van der Waals surface area contributed by atoms with Crippen molar-refractivity contribution in [1.29, 1.82) is 0 Å². The molecule has 0 aliphatic heterocycles. The summed E-state index contributed by atoms with van der Waals surface area (Å²) in [4.78, 5) is 0. The Balaban J connectivity index is 2.81. The van der Waals surface area contributed by atoms with Crippen LogP contribution in [-0.2, 0) is 5.33 Å². The summed E-state index contributed by atoms with van der Waals surface area (Å²) in [5, 5.41) is 4.22. The van der Waals surface area contributed by atoms with Crippen molar-refractivity contribution in [2.45, 2.75) is 5.33 Å². The van der Waals surface area contributed by atoms with Gasteiger partial charge in [0.2, 0.25) is 0 Å². The fraction of sp³-hybridized carbons (Fsp3) is 0.200. The summed E-state index contributed by atoms with van der Waals surface area (Å²) >= 11 is 8.74. The van der Waals surface area contributed by atoms with Crippen molar-refractivity contribution < 1.29 is 4.74 Å². The first-order valence-electron chi connectivity index (χ1n) is 4.06. The predicted octanol–water partition coefficient (Wildman–Crippen LogP) is 4.57. The number of ether oxygens (including phenoxy) is 1. The largest absolute Gasteiger partial charge is 0.495 e. The van der Waals surface area contributed by atoms with Crippen LogP contribution in [0.25, 0.3) is 10.1 Å². The van der Waals surface area contributed by atoms with E-state index < -0.39 is 0 Å². The first kappa shape index (κ1) is 10.5. The maximum Gasteiger partial charge on any atom is 0.136 e. The fourth-order valence-electron chi connectivity index (χ4n) is 1.42. The molecule has 0 saturated carbocycles. The molecule has 0 N–H and O–H groups in total. The van der Waals surface area contributed by atoms with Crippen LogP contribution in [-0.4, -0.2) is 7.11 Å². The summed E-state index contributed by atoms with van der Waals surface area (Å²) in [6.45, 7) is 0. The summed E-state index contributed by atoms with van der Waals surface area (Å²) in [6, 6.07) is 4.11. The molecule has 0 unspecified atom stereocenters. The van der Waals surface area contributed by atoms with Gasteiger partial charge in [-0.3, -0.25) is 0 Å². The van der Waals surface area contributed by atoms with E-state index in [2.05, 4.69) is 43.3 Å². The van der Waals surface area contributed by atoms with Crippen LogP contribution < -0.4 is 4.74 Å². The van der Waals surface area contributed by atoms with Crippen LogP contribution in [0.2, 0.25) is 0 Å². The quantitative estimate of drug-likeness (QED) is 0.730. The zero-order valence-electron chi connectivity index (χ0n) is 7.51. The minimum absolute atomic E-state index is 0.864. The number of rotatable bonds is 2. The molecule has 0 aliphatic carbocycles. The summed E-state index contributed by atoms with van der Waals surface area (Å²) < 4.78 is 7.66. The Morgan fingerprint density at radius 2 is 2.21 bits per heavy atom. The minimum atomic E-state index is 0.864. The Morgan fingerprint density at radius 3 is 2.86 bits per heavy atom. The highest BCUT2D eigenvalue weighted by molar-refractivity contribution is 9.10. The van der Waals surface area contributed by atoms with Crippen molar-refractivity contribution in [3.63, 3.8) is 0 Å². The molecule has 0 radical (unpaired) electrons. The van der Waals surface area contributed by atoms with E-state index in [-0.39, 0.29) is 0 Å². The van der Waals surface area contributed by atoms with E-state index in [1.54, 1.807) is 18.4 Å². The molecule has 0 saturated heterocycles.